The summed E-state index contributed by atoms with van der Waals surface area (Å²) in [5.41, 5.74) is 2.35. The van der Waals surface area contributed by atoms with E-state index in [9.17, 15) is 9.59 Å². The molecule has 0 saturated carbocycles. The summed E-state index contributed by atoms with van der Waals surface area (Å²) in [4.78, 5) is 32.6. The van der Waals surface area contributed by atoms with E-state index in [1.165, 1.54) is 11.1 Å². The first-order valence-corrected chi connectivity index (χ1v) is 13.9. The molecular formula is C29H37BrClN3O2. The number of nitrogens with zero attached hydrogens (tertiary/aromatic N) is 3. The van der Waals surface area contributed by atoms with Crippen molar-refractivity contribution in [3.63, 3.8) is 0 Å². The van der Waals surface area contributed by atoms with Crippen LogP contribution in [-0.2, 0) is 16.1 Å². The van der Waals surface area contributed by atoms with Crippen LogP contribution in [-0.4, -0.2) is 65.8 Å². The van der Waals surface area contributed by atoms with Crippen LogP contribution in [0, 0.1) is 11.3 Å². The normalized spacial score (nSPS) is 23.8. The predicted molar refractivity (Wildman–Crippen MR) is 149 cm³/mol. The zero-order valence-electron chi connectivity index (χ0n) is 21.1. The first-order chi connectivity index (χ1) is 17.0. The highest BCUT2D eigenvalue weighted by Gasteiger charge is 2.48. The molecule has 2 amide bonds. The molecule has 2 atom stereocenters. The van der Waals surface area contributed by atoms with Gasteiger partial charge >= 0.3 is 0 Å². The van der Waals surface area contributed by atoms with Crippen molar-refractivity contribution in [1.29, 1.82) is 0 Å². The van der Waals surface area contributed by atoms with E-state index < -0.39 is 0 Å². The number of likely N-dealkylation sites (tertiary alicyclic amines) is 3. The molecule has 5 nitrogen and oxygen atoms in total. The Bertz CT molecular complexity index is 1040. The molecule has 194 valence electrons. The van der Waals surface area contributed by atoms with Gasteiger partial charge in [0.05, 0.1) is 5.41 Å². The Kier molecular flexibility index (Phi) is 8.79. The Labute approximate surface area is 229 Å². The summed E-state index contributed by atoms with van der Waals surface area (Å²) in [7, 11) is 0. The van der Waals surface area contributed by atoms with E-state index in [-0.39, 0.29) is 23.7 Å². The molecule has 0 aliphatic carbocycles. The van der Waals surface area contributed by atoms with Crippen LogP contribution in [0.15, 0.2) is 59.1 Å². The van der Waals surface area contributed by atoms with Gasteiger partial charge in [-0.05, 0) is 61.5 Å². The highest BCUT2D eigenvalue weighted by atomic mass is 79.9. The predicted octanol–water partition coefficient (Wildman–Crippen LogP) is 5.34. The fraction of sp³-hybridized carbons (Fsp3) is 0.517. The van der Waals surface area contributed by atoms with E-state index in [1.54, 1.807) is 0 Å². The minimum absolute atomic E-state index is 0. The SMILES string of the molecule is CCC(=O)N1CC(CN2CCC3(CC2)CCN(Cc2ccc(Br)cc2)C3=O)C(c2ccccc2)C1.Cl. The molecule has 3 aliphatic rings. The molecule has 3 heterocycles. The van der Waals surface area contributed by atoms with Gasteiger partial charge in [0, 0.05) is 49.5 Å². The van der Waals surface area contributed by atoms with E-state index in [1.807, 2.05) is 19.1 Å². The summed E-state index contributed by atoms with van der Waals surface area (Å²) in [6.07, 6.45) is 3.44. The van der Waals surface area contributed by atoms with Gasteiger partial charge in [-0.1, -0.05) is 65.3 Å². The molecule has 0 N–H and O–H groups in total. The molecule has 36 heavy (non-hydrogen) atoms. The largest absolute Gasteiger partial charge is 0.342 e. The Balaban J connectivity index is 0.00000304. The molecule has 3 aliphatic heterocycles. The third kappa shape index (κ3) is 5.66. The number of carbonyl (C=O) groups excluding carboxylic acids is 2. The highest BCUT2D eigenvalue weighted by molar-refractivity contribution is 9.10. The van der Waals surface area contributed by atoms with Gasteiger partial charge in [-0.2, -0.15) is 0 Å². The molecule has 0 bridgehead atoms. The van der Waals surface area contributed by atoms with E-state index >= 15 is 0 Å². The van der Waals surface area contributed by atoms with E-state index in [2.05, 4.69) is 73.1 Å². The Morgan fingerprint density at radius 1 is 0.972 bits per heavy atom. The summed E-state index contributed by atoms with van der Waals surface area (Å²) in [5.74, 6) is 1.43. The lowest BCUT2D eigenvalue weighted by atomic mass is 9.76. The number of rotatable bonds is 6. The summed E-state index contributed by atoms with van der Waals surface area (Å²) in [6, 6.07) is 19.0. The monoisotopic (exact) mass is 573 g/mol. The molecule has 0 radical (unpaired) electrons. The van der Waals surface area contributed by atoms with Crippen molar-refractivity contribution in [3.8, 4) is 0 Å². The van der Waals surface area contributed by atoms with Crippen LogP contribution in [0.2, 0.25) is 0 Å². The average molecular weight is 575 g/mol. The van der Waals surface area contributed by atoms with Crippen molar-refractivity contribution >= 4 is 40.2 Å². The minimum atomic E-state index is -0.176. The van der Waals surface area contributed by atoms with Crippen LogP contribution in [0.25, 0.3) is 0 Å². The third-order valence-electron chi connectivity index (χ3n) is 8.52. The van der Waals surface area contributed by atoms with Crippen LogP contribution >= 0.6 is 28.3 Å². The molecule has 0 aromatic heterocycles. The van der Waals surface area contributed by atoms with Crippen LogP contribution in [0.5, 0.6) is 0 Å². The topological polar surface area (TPSA) is 43.9 Å². The Hall–Kier alpha value is -1.89. The molecule has 2 aromatic rings. The Morgan fingerprint density at radius 3 is 2.31 bits per heavy atom. The van der Waals surface area contributed by atoms with E-state index in [4.69, 9.17) is 0 Å². The lowest BCUT2D eigenvalue weighted by molar-refractivity contribution is -0.139. The summed E-state index contributed by atoms with van der Waals surface area (Å²) < 4.78 is 1.07. The third-order valence-corrected chi connectivity index (χ3v) is 9.05. The fourth-order valence-corrected chi connectivity index (χ4v) is 6.64. The highest BCUT2D eigenvalue weighted by Crippen LogP contribution is 2.43. The number of carbonyl (C=O) groups is 2. The molecule has 3 saturated heterocycles. The second-order valence-corrected chi connectivity index (χ2v) is 11.5. The number of hydrogen-bond acceptors (Lipinski definition) is 3. The smallest absolute Gasteiger partial charge is 0.229 e. The molecule has 2 unspecified atom stereocenters. The maximum atomic E-state index is 13.4. The quantitative estimate of drug-likeness (QED) is 0.468. The van der Waals surface area contributed by atoms with Crippen molar-refractivity contribution in [2.75, 3.05) is 39.3 Å². The van der Waals surface area contributed by atoms with Crippen LogP contribution < -0.4 is 0 Å². The van der Waals surface area contributed by atoms with E-state index in [0.29, 0.717) is 30.7 Å². The summed E-state index contributed by atoms with van der Waals surface area (Å²) in [6.45, 7) is 8.13. The second kappa shape index (κ2) is 11.7. The van der Waals surface area contributed by atoms with Crippen molar-refractivity contribution < 1.29 is 9.59 Å². The van der Waals surface area contributed by atoms with Crippen LogP contribution in [0.3, 0.4) is 0 Å². The van der Waals surface area contributed by atoms with Crippen LogP contribution in [0.1, 0.15) is 49.7 Å². The van der Waals surface area contributed by atoms with Gasteiger partial charge in [0.2, 0.25) is 11.8 Å². The molecule has 5 rings (SSSR count). The maximum absolute atomic E-state index is 13.4. The number of benzene rings is 2. The number of halogens is 2. The first-order valence-electron chi connectivity index (χ1n) is 13.1. The minimum Gasteiger partial charge on any atom is -0.342 e. The molecule has 7 heteroatoms. The molecule has 1 spiro atoms. The Morgan fingerprint density at radius 2 is 1.64 bits per heavy atom. The number of piperidine rings is 1. The number of amides is 2. The fourth-order valence-electron chi connectivity index (χ4n) is 6.37. The van der Waals surface area contributed by atoms with Crippen molar-refractivity contribution in [3.05, 3.63) is 70.2 Å². The molecular weight excluding hydrogens is 538 g/mol. The van der Waals surface area contributed by atoms with Gasteiger partial charge in [-0.25, -0.2) is 0 Å². The van der Waals surface area contributed by atoms with Crippen LogP contribution in [0.4, 0.5) is 0 Å². The molecule has 2 aromatic carbocycles. The van der Waals surface area contributed by atoms with Gasteiger partial charge < -0.3 is 14.7 Å². The average Bonchev–Trinajstić information content (AvgIpc) is 3.44. The molecule has 3 fully saturated rings. The lowest BCUT2D eigenvalue weighted by Gasteiger charge is -2.39. The van der Waals surface area contributed by atoms with Crippen molar-refractivity contribution in [2.24, 2.45) is 11.3 Å². The number of hydrogen-bond donors (Lipinski definition) is 0. The van der Waals surface area contributed by atoms with Gasteiger partial charge in [-0.3, -0.25) is 9.59 Å². The lowest BCUT2D eigenvalue weighted by Crippen LogP contribution is -2.46. The van der Waals surface area contributed by atoms with Gasteiger partial charge in [0.15, 0.2) is 0 Å². The van der Waals surface area contributed by atoms with E-state index in [0.717, 1.165) is 63.0 Å². The van der Waals surface area contributed by atoms with Crippen molar-refractivity contribution in [1.82, 2.24) is 14.7 Å². The second-order valence-electron chi connectivity index (χ2n) is 10.6. The van der Waals surface area contributed by atoms with Gasteiger partial charge in [-0.15, -0.1) is 12.4 Å². The maximum Gasteiger partial charge on any atom is 0.229 e. The summed E-state index contributed by atoms with van der Waals surface area (Å²) >= 11 is 3.49. The van der Waals surface area contributed by atoms with Gasteiger partial charge in [0.1, 0.15) is 0 Å². The van der Waals surface area contributed by atoms with Crippen molar-refractivity contribution in [2.45, 2.75) is 45.1 Å². The zero-order chi connectivity index (χ0) is 24.4. The zero-order valence-corrected chi connectivity index (χ0v) is 23.5. The first kappa shape index (κ1) is 27.2. The standard InChI is InChI=1S/C29H36BrN3O2.ClH/c1-2-27(34)33-20-24(26(21-33)23-6-4-3-5-7-23)19-31-15-12-29(13-16-31)14-17-32(28(29)35)18-22-8-10-25(30)11-9-22;/h3-11,24,26H,2,12-21H2,1H3;1H. The van der Waals surface area contributed by atoms with Gasteiger partial charge in [0.25, 0.3) is 0 Å². The summed E-state index contributed by atoms with van der Waals surface area (Å²) in [5, 5.41) is 0.